The standard InChI is InChI=1S/C29H31FN2O2/c30-27-11-9-23(10-12-27)22-5-7-24(8-6-22)29(33)31-19-26-3-1-2-25-18-21(4-13-28(25)26)20-32-14-16-34-17-15-32/h4-13,18,26H,1-3,14-17,19-20H2,(H,31,33). The van der Waals surface area contributed by atoms with Crippen LogP contribution in [0.3, 0.4) is 0 Å². The Morgan fingerprint density at radius 3 is 2.41 bits per heavy atom. The number of aryl methyl sites for hydroxylation is 1. The van der Waals surface area contributed by atoms with Crippen LogP contribution in [0.2, 0.25) is 0 Å². The molecule has 1 aliphatic heterocycles. The van der Waals surface area contributed by atoms with Crippen LogP contribution in [0.5, 0.6) is 0 Å². The summed E-state index contributed by atoms with van der Waals surface area (Å²) >= 11 is 0. The van der Waals surface area contributed by atoms with E-state index >= 15 is 0 Å². The number of nitrogens with one attached hydrogen (secondary N) is 1. The van der Waals surface area contributed by atoms with Crippen molar-refractivity contribution in [1.82, 2.24) is 10.2 Å². The Morgan fingerprint density at radius 1 is 0.971 bits per heavy atom. The van der Waals surface area contributed by atoms with Crippen LogP contribution in [-0.4, -0.2) is 43.7 Å². The van der Waals surface area contributed by atoms with Crippen LogP contribution in [0.4, 0.5) is 4.39 Å². The van der Waals surface area contributed by atoms with Crippen molar-refractivity contribution in [3.63, 3.8) is 0 Å². The van der Waals surface area contributed by atoms with E-state index in [1.165, 1.54) is 28.8 Å². The Kier molecular flexibility index (Phi) is 7.02. The van der Waals surface area contributed by atoms with Gasteiger partial charge in [0, 0.05) is 37.7 Å². The summed E-state index contributed by atoms with van der Waals surface area (Å²) in [5.41, 5.74) is 6.71. The molecule has 1 unspecified atom stereocenters. The smallest absolute Gasteiger partial charge is 0.251 e. The molecule has 4 nitrogen and oxygen atoms in total. The zero-order valence-electron chi connectivity index (χ0n) is 19.4. The number of halogens is 1. The lowest BCUT2D eigenvalue weighted by Crippen LogP contribution is -2.35. The first kappa shape index (κ1) is 22.8. The van der Waals surface area contributed by atoms with Gasteiger partial charge >= 0.3 is 0 Å². The van der Waals surface area contributed by atoms with Gasteiger partial charge in [-0.05, 0) is 71.3 Å². The molecule has 1 N–H and O–H groups in total. The van der Waals surface area contributed by atoms with E-state index in [0.717, 1.165) is 63.2 Å². The first-order chi connectivity index (χ1) is 16.7. The van der Waals surface area contributed by atoms with E-state index in [2.05, 4.69) is 28.4 Å². The van der Waals surface area contributed by atoms with Crippen molar-refractivity contribution in [3.05, 3.63) is 94.8 Å². The molecule has 1 amide bonds. The zero-order valence-corrected chi connectivity index (χ0v) is 19.4. The second-order valence-electron chi connectivity index (χ2n) is 9.31. The minimum atomic E-state index is -0.252. The van der Waals surface area contributed by atoms with E-state index in [1.54, 1.807) is 12.1 Å². The maximum Gasteiger partial charge on any atom is 0.251 e. The van der Waals surface area contributed by atoms with Crippen LogP contribution < -0.4 is 5.32 Å². The van der Waals surface area contributed by atoms with Crippen molar-refractivity contribution in [2.24, 2.45) is 0 Å². The number of morpholine rings is 1. The summed E-state index contributed by atoms with van der Waals surface area (Å²) < 4.78 is 18.6. The summed E-state index contributed by atoms with van der Waals surface area (Å²) in [4.78, 5) is 15.2. The molecule has 2 aliphatic rings. The van der Waals surface area contributed by atoms with E-state index < -0.39 is 0 Å². The van der Waals surface area contributed by atoms with E-state index in [1.807, 2.05) is 24.3 Å². The Morgan fingerprint density at radius 2 is 1.68 bits per heavy atom. The van der Waals surface area contributed by atoms with Crippen LogP contribution in [0.1, 0.15) is 45.8 Å². The van der Waals surface area contributed by atoms with Gasteiger partial charge in [-0.15, -0.1) is 0 Å². The van der Waals surface area contributed by atoms with Crippen LogP contribution in [0.25, 0.3) is 11.1 Å². The molecule has 0 radical (unpaired) electrons. The molecule has 5 rings (SSSR count). The van der Waals surface area contributed by atoms with Gasteiger partial charge in [0.2, 0.25) is 0 Å². The molecule has 0 saturated carbocycles. The van der Waals surface area contributed by atoms with Crippen LogP contribution in [0.15, 0.2) is 66.7 Å². The predicted octanol–water partition coefficient (Wildman–Crippen LogP) is 5.17. The SMILES string of the molecule is O=C(NCC1CCCc2cc(CN3CCOCC3)ccc21)c1ccc(-c2ccc(F)cc2)cc1. The molecule has 1 saturated heterocycles. The minimum Gasteiger partial charge on any atom is -0.379 e. The highest BCUT2D eigenvalue weighted by molar-refractivity contribution is 5.94. The molecule has 0 aromatic heterocycles. The molecule has 1 heterocycles. The second-order valence-corrected chi connectivity index (χ2v) is 9.31. The second kappa shape index (κ2) is 10.5. The van der Waals surface area contributed by atoms with Gasteiger partial charge in [0.1, 0.15) is 5.82 Å². The quantitative estimate of drug-likeness (QED) is 0.554. The Hall–Kier alpha value is -3.02. The molecule has 1 fully saturated rings. The summed E-state index contributed by atoms with van der Waals surface area (Å²) in [7, 11) is 0. The first-order valence-electron chi connectivity index (χ1n) is 12.2. The molecule has 5 heteroatoms. The normalized spacial score (nSPS) is 18.3. The highest BCUT2D eigenvalue weighted by atomic mass is 19.1. The molecule has 0 spiro atoms. The number of ether oxygens (including phenoxy) is 1. The Bertz CT molecular complexity index is 1120. The largest absolute Gasteiger partial charge is 0.379 e. The van der Waals surface area contributed by atoms with Gasteiger partial charge in [-0.2, -0.15) is 0 Å². The number of nitrogens with zero attached hydrogens (tertiary/aromatic N) is 1. The summed E-state index contributed by atoms with van der Waals surface area (Å²) in [6.07, 6.45) is 3.36. The van der Waals surface area contributed by atoms with Gasteiger partial charge in [-0.3, -0.25) is 9.69 Å². The molecular weight excluding hydrogens is 427 g/mol. The number of benzene rings is 3. The van der Waals surface area contributed by atoms with Crippen LogP contribution in [0, 0.1) is 5.82 Å². The number of hydrogen-bond donors (Lipinski definition) is 1. The van der Waals surface area contributed by atoms with Crippen molar-refractivity contribution in [1.29, 1.82) is 0 Å². The molecule has 176 valence electrons. The van der Waals surface area contributed by atoms with E-state index in [9.17, 15) is 9.18 Å². The van der Waals surface area contributed by atoms with Crippen molar-refractivity contribution in [2.45, 2.75) is 31.7 Å². The number of fused-ring (bicyclic) bond motifs is 1. The number of amides is 1. The average molecular weight is 459 g/mol. The van der Waals surface area contributed by atoms with Crippen LogP contribution >= 0.6 is 0 Å². The highest BCUT2D eigenvalue weighted by Gasteiger charge is 2.22. The zero-order chi connectivity index (χ0) is 23.3. The maximum atomic E-state index is 13.2. The lowest BCUT2D eigenvalue weighted by atomic mass is 9.82. The summed E-state index contributed by atoms with van der Waals surface area (Å²) in [5, 5.41) is 3.15. The van der Waals surface area contributed by atoms with E-state index in [4.69, 9.17) is 4.74 Å². The molecule has 0 bridgehead atoms. The van der Waals surface area contributed by atoms with Crippen molar-refractivity contribution in [2.75, 3.05) is 32.8 Å². The monoisotopic (exact) mass is 458 g/mol. The van der Waals surface area contributed by atoms with E-state index in [0.29, 0.717) is 18.0 Å². The van der Waals surface area contributed by atoms with Crippen molar-refractivity contribution in [3.8, 4) is 11.1 Å². The van der Waals surface area contributed by atoms with Gasteiger partial charge in [-0.1, -0.05) is 42.5 Å². The Balaban J connectivity index is 1.20. The average Bonchev–Trinajstić information content (AvgIpc) is 2.88. The fourth-order valence-electron chi connectivity index (χ4n) is 5.07. The third-order valence-electron chi connectivity index (χ3n) is 6.99. The molecule has 3 aromatic rings. The molecule has 3 aromatic carbocycles. The number of rotatable bonds is 6. The van der Waals surface area contributed by atoms with Gasteiger partial charge in [0.15, 0.2) is 0 Å². The lowest BCUT2D eigenvalue weighted by Gasteiger charge is -2.29. The third-order valence-corrected chi connectivity index (χ3v) is 6.99. The van der Waals surface area contributed by atoms with Gasteiger partial charge in [0.25, 0.3) is 5.91 Å². The lowest BCUT2D eigenvalue weighted by molar-refractivity contribution is 0.0342. The predicted molar refractivity (Wildman–Crippen MR) is 132 cm³/mol. The van der Waals surface area contributed by atoms with Crippen molar-refractivity contribution < 1.29 is 13.9 Å². The third kappa shape index (κ3) is 5.37. The first-order valence-corrected chi connectivity index (χ1v) is 12.2. The molecular formula is C29H31FN2O2. The summed E-state index contributed by atoms with van der Waals surface area (Å²) in [6.45, 7) is 5.26. The maximum absolute atomic E-state index is 13.2. The molecule has 34 heavy (non-hydrogen) atoms. The summed E-state index contributed by atoms with van der Waals surface area (Å²) in [6, 6.07) is 20.8. The molecule has 1 aliphatic carbocycles. The number of carbonyl (C=O) groups excluding carboxylic acids is 1. The number of carbonyl (C=O) groups is 1. The molecule has 1 atom stereocenters. The highest BCUT2D eigenvalue weighted by Crippen LogP contribution is 2.32. The van der Waals surface area contributed by atoms with Crippen LogP contribution in [-0.2, 0) is 17.7 Å². The topological polar surface area (TPSA) is 41.6 Å². The van der Waals surface area contributed by atoms with E-state index in [-0.39, 0.29) is 11.7 Å². The van der Waals surface area contributed by atoms with Crippen molar-refractivity contribution >= 4 is 5.91 Å². The fourth-order valence-corrected chi connectivity index (χ4v) is 5.07. The summed E-state index contributed by atoms with van der Waals surface area (Å²) in [5.74, 6) is 0.0442. The fraction of sp³-hybridized carbons (Fsp3) is 0.345. The van der Waals surface area contributed by atoms with Gasteiger partial charge in [0.05, 0.1) is 13.2 Å². The number of hydrogen-bond acceptors (Lipinski definition) is 3. The Labute approximate surface area is 200 Å². The minimum absolute atomic E-state index is 0.0540. The van der Waals surface area contributed by atoms with Gasteiger partial charge < -0.3 is 10.1 Å². The van der Waals surface area contributed by atoms with Gasteiger partial charge in [-0.25, -0.2) is 4.39 Å².